The first kappa shape index (κ1) is 15.6. The summed E-state index contributed by atoms with van der Waals surface area (Å²) in [5.41, 5.74) is 2.96. The highest BCUT2D eigenvalue weighted by molar-refractivity contribution is 6.30. The van der Waals surface area contributed by atoms with E-state index in [0.29, 0.717) is 22.8 Å². The number of nitrogens with one attached hydrogen (secondary N) is 2. The van der Waals surface area contributed by atoms with E-state index in [-0.39, 0.29) is 18.0 Å². The third-order valence-electron chi connectivity index (χ3n) is 3.92. The monoisotopic (exact) mass is 332 g/mol. The molecule has 1 aromatic carbocycles. The Labute approximate surface area is 138 Å². The highest BCUT2D eigenvalue weighted by Gasteiger charge is 2.29. The van der Waals surface area contributed by atoms with Crippen LogP contribution in [0.15, 0.2) is 29.1 Å². The van der Waals surface area contributed by atoms with Crippen LogP contribution in [0.25, 0.3) is 0 Å². The number of carbonyl (C=O) groups is 1. The normalized spacial score (nSPS) is 15.9. The van der Waals surface area contributed by atoms with Gasteiger partial charge >= 0.3 is 0 Å². The SMILES string of the molecule is Cc1cc(C)c(CNC(=O)[C@@H]2Cc3cc(Cl)ccc3O2)c(=O)[nH]1. The first-order chi connectivity index (χ1) is 10.9. The summed E-state index contributed by atoms with van der Waals surface area (Å²) in [6, 6.07) is 7.18. The number of hydrogen-bond acceptors (Lipinski definition) is 3. The van der Waals surface area contributed by atoms with Crippen LogP contribution < -0.4 is 15.6 Å². The Balaban J connectivity index is 1.67. The van der Waals surface area contributed by atoms with Crippen LogP contribution in [-0.4, -0.2) is 17.0 Å². The Morgan fingerprint density at radius 3 is 2.91 bits per heavy atom. The van der Waals surface area contributed by atoms with Gasteiger partial charge < -0.3 is 15.0 Å². The first-order valence-corrected chi connectivity index (χ1v) is 7.74. The molecule has 0 aliphatic carbocycles. The van der Waals surface area contributed by atoms with Gasteiger partial charge in [0.2, 0.25) is 0 Å². The largest absolute Gasteiger partial charge is 0.480 e. The minimum atomic E-state index is -0.590. The van der Waals surface area contributed by atoms with Crippen molar-refractivity contribution in [3.05, 3.63) is 62.0 Å². The molecule has 0 bridgehead atoms. The Morgan fingerprint density at radius 1 is 1.39 bits per heavy atom. The molecule has 6 heteroatoms. The number of H-pyrrole nitrogens is 1. The molecule has 0 fully saturated rings. The maximum atomic E-state index is 12.3. The summed E-state index contributed by atoms with van der Waals surface area (Å²) in [4.78, 5) is 27.0. The number of fused-ring (bicyclic) bond motifs is 1. The van der Waals surface area contributed by atoms with E-state index in [1.54, 1.807) is 18.2 Å². The van der Waals surface area contributed by atoms with Crippen molar-refractivity contribution in [2.75, 3.05) is 0 Å². The van der Waals surface area contributed by atoms with Crippen LogP contribution in [-0.2, 0) is 17.8 Å². The number of benzene rings is 1. The smallest absolute Gasteiger partial charge is 0.261 e. The molecule has 1 aromatic heterocycles. The molecule has 1 aliphatic heterocycles. The van der Waals surface area contributed by atoms with Crippen LogP contribution in [0.2, 0.25) is 5.02 Å². The molecule has 5 nitrogen and oxygen atoms in total. The van der Waals surface area contributed by atoms with Crippen molar-refractivity contribution >= 4 is 17.5 Å². The molecule has 1 amide bonds. The molecule has 0 spiro atoms. The van der Waals surface area contributed by atoms with Crippen LogP contribution in [0.1, 0.15) is 22.4 Å². The highest BCUT2D eigenvalue weighted by Crippen LogP contribution is 2.31. The standard InChI is InChI=1S/C17H17ClN2O3/c1-9-5-10(2)20-16(21)13(9)8-19-17(22)15-7-11-6-12(18)3-4-14(11)23-15/h3-6,15H,7-8H2,1-2H3,(H,19,22)(H,20,21)/t15-/m0/s1. The number of carbonyl (C=O) groups excluding carboxylic acids is 1. The number of amides is 1. The molecule has 0 saturated carbocycles. The van der Waals surface area contributed by atoms with Crippen molar-refractivity contribution in [1.29, 1.82) is 0 Å². The zero-order valence-corrected chi connectivity index (χ0v) is 13.7. The molecule has 0 radical (unpaired) electrons. The molecule has 3 rings (SSSR count). The van der Waals surface area contributed by atoms with Gasteiger partial charge in [0, 0.05) is 29.2 Å². The second kappa shape index (κ2) is 6.08. The van der Waals surface area contributed by atoms with E-state index in [9.17, 15) is 9.59 Å². The summed E-state index contributed by atoms with van der Waals surface area (Å²) in [7, 11) is 0. The van der Waals surface area contributed by atoms with Crippen molar-refractivity contribution in [3.8, 4) is 5.75 Å². The Hall–Kier alpha value is -2.27. The predicted octanol–water partition coefficient (Wildman–Crippen LogP) is 2.27. The van der Waals surface area contributed by atoms with E-state index >= 15 is 0 Å². The van der Waals surface area contributed by atoms with Gasteiger partial charge in [0.05, 0.1) is 0 Å². The van der Waals surface area contributed by atoms with Gasteiger partial charge in [0.25, 0.3) is 11.5 Å². The van der Waals surface area contributed by atoms with Crippen LogP contribution in [0, 0.1) is 13.8 Å². The maximum Gasteiger partial charge on any atom is 0.261 e. The molecule has 0 saturated heterocycles. The number of aryl methyl sites for hydroxylation is 2. The van der Waals surface area contributed by atoms with Crippen LogP contribution in [0.4, 0.5) is 0 Å². The number of rotatable bonds is 3. The summed E-state index contributed by atoms with van der Waals surface area (Å²) < 4.78 is 5.64. The first-order valence-electron chi connectivity index (χ1n) is 7.36. The van der Waals surface area contributed by atoms with Gasteiger partial charge in [-0.3, -0.25) is 9.59 Å². The lowest BCUT2D eigenvalue weighted by Crippen LogP contribution is -2.38. The molecule has 1 atom stereocenters. The molecule has 2 heterocycles. The van der Waals surface area contributed by atoms with Crippen molar-refractivity contribution in [1.82, 2.24) is 10.3 Å². The molecular formula is C17H17ClN2O3. The van der Waals surface area contributed by atoms with Crippen molar-refractivity contribution in [2.24, 2.45) is 0 Å². The fraction of sp³-hybridized carbons (Fsp3) is 0.294. The van der Waals surface area contributed by atoms with Gasteiger partial charge in [0.15, 0.2) is 6.10 Å². The summed E-state index contributed by atoms with van der Waals surface area (Å²) in [6.45, 7) is 3.86. The Kier molecular flexibility index (Phi) is 4.13. The molecule has 1 aliphatic rings. The molecular weight excluding hydrogens is 316 g/mol. The third kappa shape index (κ3) is 3.24. The topological polar surface area (TPSA) is 71.2 Å². The van der Waals surface area contributed by atoms with Crippen molar-refractivity contribution < 1.29 is 9.53 Å². The van der Waals surface area contributed by atoms with Gasteiger partial charge in [-0.15, -0.1) is 0 Å². The molecule has 120 valence electrons. The summed E-state index contributed by atoms with van der Waals surface area (Å²) in [5.74, 6) is 0.440. The average Bonchev–Trinajstić information content (AvgIpc) is 2.88. The maximum absolute atomic E-state index is 12.3. The lowest BCUT2D eigenvalue weighted by Gasteiger charge is -2.12. The van der Waals surface area contributed by atoms with E-state index in [1.807, 2.05) is 19.9 Å². The van der Waals surface area contributed by atoms with Crippen molar-refractivity contribution in [3.63, 3.8) is 0 Å². The summed E-state index contributed by atoms with van der Waals surface area (Å²) in [6.07, 6.45) is -0.112. The van der Waals surface area contributed by atoms with E-state index in [2.05, 4.69) is 10.3 Å². The fourth-order valence-electron chi connectivity index (χ4n) is 2.75. The quantitative estimate of drug-likeness (QED) is 0.905. The van der Waals surface area contributed by atoms with E-state index in [1.165, 1.54) is 0 Å². The lowest BCUT2D eigenvalue weighted by atomic mass is 10.1. The zero-order chi connectivity index (χ0) is 16.6. The second-order valence-electron chi connectivity index (χ2n) is 5.72. The summed E-state index contributed by atoms with van der Waals surface area (Å²) in [5, 5.41) is 3.40. The third-order valence-corrected chi connectivity index (χ3v) is 4.16. The van der Waals surface area contributed by atoms with E-state index in [0.717, 1.165) is 16.8 Å². The van der Waals surface area contributed by atoms with Gasteiger partial charge in [-0.1, -0.05) is 11.6 Å². The molecule has 2 aromatic rings. The number of hydrogen-bond donors (Lipinski definition) is 2. The van der Waals surface area contributed by atoms with E-state index in [4.69, 9.17) is 16.3 Å². The second-order valence-corrected chi connectivity index (χ2v) is 6.16. The minimum absolute atomic E-state index is 0.176. The van der Waals surface area contributed by atoms with Crippen LogP contribution in [0.3, 0.4) is 0 Å². The predicted molar refractivity (Wildman–Crippen MR) is 88.0 cm³/mol. The summed E-state index contributed by atoms with van der Waals surface area (Å²) >= 11 is 5.95. The number of ether oxygens (including phenoxy) is 1. The van der Waals surface area contributed by atoms with E-state index < -0.39 is 6.10 Å². The number of aromatic amines is 1. The highest BCUT2D eigenvalue weighted by atomic mass is 35.5. The van der Waals surface area contributed by atoms with Gasteiger partial charge in [0.1, 0.15) is 5.75 Å². The molecule has 2 N–H and O–H groups in total. The Morgan fingerprint density at radius 2 is 2.17 bits per heavy atom. The minimum Gasteiger partial charge on any atom is -0.480 e. The van der Waals surface area contributed by atoms with Gasteiger partial charge in [-0.05, 0) is 49.2 Å². The van der Waals surface area contributed by atoms with Crippen molar-refractivity contribution in [2.45, 2.75) is 32.9 Å². The lowest BCUT2D eigenvalue weighted by molar-refractivity contribution is -0.127. The van der Waals surface area contributed by atoms with Gasteiger partial charge in [-0.2, -0.15) is 0 Å². The Bertz CT molecular complexity index is 829. The molecule has 0 unspecified atom stereocenters. The van der Waals surface area contributed by atoms with Gasteiger partial charge in [-0.25, -0.2) is 0 Å². The number of halogens is 1. The fourth-order valence-corrected chi connectivity index (χ4v) is 2.95. The van der Waals surface area contributed by atoms with Crippen LogP contribution in [0.5, 0.6) is 5.75 Å². The number of pyridine rings is 1. The zero-order valence-electron chi connectivity index (χ0n) is 12.9. The average molecular weight is 333 g/mol. The number of aromatic nitrogens is 1. The molecule has 23 heavy (non-hydrogen) atoms. The van der Waals surface area contributed by atoms with Crippen LogP contribution >= 0.6 is 11.6 Å².